The minimum atomic E-state index is -3.60. The number of aromatic nitrogens is 2. The van der Waals surface area contributed by atoms with E-state index in [1.54, 1.807) is 18.5 Å². The Kier molecular flexibility index (Phi) is 4.74. The lowest BCUT2D eigenvalue weighted by Gasteiger charge is -2.24. The monoisotopic (exact) mass is 331 g/mol. The minimum Gasteiger partial charge on any atom is -0.264 e. The summed E-state index contributed by atoms with van der Waals surface area (Å²) < 4.78 is 27.0. The van der Waals surface area contributed by atoms with Gasteiger partial charge in [-0.05, 0) is 25.5 Å². The summed E-state index contributed by atoms with van der Waals surface area (Å²) in [5.41, 5.74) is 0.834. The molecule has 0 amide bonds. The van der Waals surface area contributed by atoms with Crippen molar-refractivity contribution in [2.45, 2.75) is 30.6 Å². The normalized spacial score (nSPS) is 12.2. The van der Waals surface area contributed by atoms with Crippen LogP contribution in [-0.4, -0.2) is 28.7 Å². The van der Waals surface area contributed by atoms with E-state index in [9.17, 15) is 8.42 Å². The molecule has 0 saturated heterocycles. The van der Waals surface area contributed by atoms with Crippen molar-refractivity contribution in [3.05, 3.63) is 40.8 Å². The molecule has 0 aliphatic carbocycles. The Morgan fingerprint density at radius 3 is 2.65 bits per heavy atom. The Morgan fingerprint density at radius 1 is 1.40 bits per heavy atom. The first-order valence-corrected chi connectivity index (χ1v) is 8.57. The van der Waals surface area contributed by atoms with Gasteiger partial charge >= 0.3 is 0 Å². The molecular weight excluding hydrogens is 318 g/mol. The van der Waals surface area contributed by atoms with Gasteiger partial charge in [-0.1, -0.05) is 29.0 Å². The zero-order chi connectivity index (χ0) is 14.8. The third-order valence-corrected chi connectivity index (χ3v) is 6.23. The molecule has 2 rings (SSSR count). The highest BCUT2D eigenvalue weighted by atomic mass is 35.5. The maximum Gasteiger partial charge on any atom is 0.254 e. The highest BCUT2D eigenvalue weighted by molar-refractivity contribution is 7.91. The zero-order valence-corrected chi connectivity index (χ0v) is 13.4. The van der Waals surface area contributed by atoms with Gasteiger partial charge in [-0.15, -0.1) is 0 Å². The van der Waals surface area contributed by atoms with Crippen LogP contribution in [0.1, 0.15) is 19.4 Å². The van der Waals surface area contributed by atoms with Crippen molar-refractivity contribution < 1.29 is 8.42 Å². The number of halogens is 1. The van der Waals surface area contributed by atoms with Crippen LogP contribution >= 0.6 is 22.9 Å². The average Bonchev–Trinajstić information content (AvgIpc) is 2.84. The Hall–Kier alpha value is -1.02. The van der Waals surface area contributed by atoms with Crippen molar-refractivity contribution >= 4 is 33.0 Å². The van der Waals surface area contributed by atoms with Crippen LogP contribution in [0.15, 0.2) is 34.9 Å². The number of pyridine rings is 1. The van der Waals surface area contributed by atoms with Gasteiger partial charge < -0.3 is 0 Å². The van der Waals surface area contributed by atoms with Crippen LogP contribution in [-0.2, 0) is 16.6 Å². The molecule has 0 bridgehead atoms. The van der Waals surface area contributed by atoms with Gasteiger partial charge in [0, 0.05) is 25.0 Å². The summed E-state index contributed by atoms with van der Waals surface area (Å²) in [6, 6.07) is 3.45. The third-order valence-electron chi connectivity index (χ3n) is 2.66. The lowest BCUT2D eigenvalue weighted by Crippen LogP contribution is -2.36. The second-order valence-electron chi connectivity index (χ2n) is 4.44. The molecule has 108 valence electrons. The number of nitrogens with zero attached hydrogens (tertiary/aromatic N) is 3. The SMILES string of the molecule is CC(C)N(Cc1cccnc1)S(=O)(=O)c1cnc(Cl)s1. The first-order valence-electron chi connectivity index (χ1n) is 5.93. The van der Waals surface area contributed by atoms with Gasteiger partial charge in [0.15, 0.2) is 8.68 Å². The van der Waals surface area contributed by atoms with Gasteiger partial charge in [0.2, 0.25) is 0 Å². The Morgan fingerprint density at radius 2 is 2.15 bits per heavy atom. The van der Waals surface area contributed by atoms with Crippen LogP contribution in [0.25, 0.3) is 0 Å². The standard InChI is InChI=1S/C12H14ClN3O2S2/c1-9(2)16(8-10-4-3-5-14-6-10)20(17,18)11-7-15-12(13)19-11/h3-7,9H,8H2,1-2H3. The molecule has 5 nitrogen and oxygen atoms in total. The molecule has 0 N–H and O–H groups in total. The van der Waals surface area contributed by atoms with Crippen molar-refractivity contribution in [3.63, 3.8) is 0 Å². The molecule has 0 radical (unpaired) electrons. The van der Waals surface area contributed by atoms with Gasteiger partial charge in [-0.3, -0.25) is 4.98 Å². The van der Waals surface area contributed by atoms with Gasteiger partial charge in [-0.2, -0.15) is 4.31 Å². The largest absolute Gasteiger partial charge is 0.264 e. The molecular formula is C12H14ClN3O2S2. The van der Waals surface area contributed by atoms with Crippen LogP contribution < -0.4 is 0 Å². The average molecular weight is 332 g/mol. The van der Waals surface area contributed by atoms with E-state index in [0.717, 1.165) is 16.9 Å². The van der Waals surface area contributed by atoms with Gasteiger partial charge in [0.1, 0.15) is 0 Å². The third kappa shape index (κ3) is 3.35. The molecule has 2 aromatic heterocycles. The minimum absolute atomic E-state index is 0.153. The van der Waals surface area contributed by atoms with Crippen molar-refractivity contribution in [3.8, 4) is 0 Å². The molecule has 0 spiro atoms. The fraction of sp³-hybridized carbons (Fsp3) is 0.333. The highest BCUT2D eigenvalue weighted by Crippen LogP contribution is 2.27. The van der Waals surface area contributed by atoms with E-state index < -0.39 is 10.0 Å². The first-order chi connectivity index (χ1) is 9.41. The summed E-state index contributed by atoms with van der Waals surface area (Å²) in [5, 5.41) is 0. The second kappa shape index (κ2) is 6.17. The van der Waals surface area contributed by atoms with E-state index in [1.165, 1.54) is 10.5 Å². The number of hydrogen-bond acceptors (Lipinski definition) is 5. The Balaban J connectivity index is 2.33. The quantitative estimate of drug-likeness (QED) is 0.845. The summed E-state index contributed by atoms with van der Waals surface area (Å²) >= 11 is 6.69. The smallest absolute Gasteiger partial charge is 0.254 e. The number of hydrogen-bond donors (Lipinski definition) is 0. The van der Waals surface area contributed by atoms with E-state index in [1.807, 2.05) is 19.9 Å². The molecule has 0 aliphatic heterocycles. The molecule has 20 heavy (non-hydrogen) atoms. The summed E-state index contributed by atoms with van der Waals surface area (Å²) in [6.07, 6.45) is 4.60. The second-order valence-corrected chi connectivity index (χ2v) is 8.17. The lowest BCUT2D eigenvalue weighted by molar-refractivity contribution is 0.348. The van der Waals surface area contributed by atoms with Crippen molar-refractivity contribution in [1.82, 2.24) is 14.3 Å². The zero-order valence-electron chi connectivity index (χ0n) is 11.0. The van der Waals surface area contributed by atoms with Crippen molar-refractivity contribution in [1.29, 1.82) is 0 Å². The Bertz CT molecular complexity index is 671. The van der Waals surface area contributed by atoms with Crippen LogP contribution in [0, 0.1) is 0 Å². The van der Waals surface area contributed by atoms with Crippen LogP contribution in [0.5, 0.6) is 0 Å². The molecule has 0 atom stereocenters. The predicted molar refractivity (Wildman–Crippen MR) is 79.2 cm³/mol. The molecule has 0 aromatic carbocycles. The summed E-state index contributed by atoms with van der Waals surface area (Å²) in [4.78, 5) is 7.80. The molecule has 0 aliphatic rings. The number of rotatable bonds is 5. The van der Waals surface area contributed by atoms with Crippen molar-refractivity contribution in [2.75, 3.05) is 0 Å². The summed E-state index contributed by atoms with van der Waals surface area (Å²) in [5.74, 6) is 0. The molecule has 0 saturated carbocycles. The van der Waals surface area contributed by atoms with Gasteiger partial charge in [0.25, 0.3) is 10.0 Å². The summed E-state index contributed by atoms with van der Waals surface area (Å²) in [6.45, 7) is 3.93. The van der Waals surface area contributed by atoms with Crippen LogP contribution in [0.4, 0.5) is 0 Å². The predicted octanol–water partition coefficient (Wildman–Crippen LogP) is 2.79. The first kappa shape index (κ1) is 15.4. The molecule has 2 heterocycles. The number of thiazole rings is 1. The van der Waals surface area contributed by atoms with E-state index in [2.05, 4.69) is 9.97 Å². The van der Waals surface area contributed by atoms with Crippen molar-refractivity contribution in [2.24, 2.45) is 0 Å². The molecule has 8 heteroatoms. The van der Waals surface area contributed by atoms with E-state index >= 15 is 0 Å². The van der Waals surface area contributed by atoms with E-state index in [4.69, 9.17) is 11.6 Å². The molecule has 0 fully saturated rings. The van der Waals surface area contributed by atoms with E-state index in [0.29, 0.717) is 0 Å². The van der Waals surface area contributed by atoms with Gasteiger partial charge in [0.05, 0.1) is 6.20 Å². The number of sulfonamides is 1. The maximum atomic E-state index is 12.6. The lowest BCUT2D eigenvalue weighted by atomic mass is 10.2. The summed E-state index contributed by atoms with van der Waals surface area (Å²) in [7, 11) is -3.60. The van der Waals surface area contributed by atoms with E-state index in [-0.39, 0.29) is 21.3 Å². The highest BCUT2D eigenvalue weighted by Gasteiger charge is 2.29. The van der Waals surface area contributed by atoms with Crippen LogP contribution in [0.2, 0.25) is 4.47 Å². The topological polar surface area (TPSA) is 63.2 Å². The maximum absolute atomic E-state index is 12.6. The fourth-order valence-corrected chi connectivity index (χ4v) is 4.74. The van der Waals surface area contributed by atoms with Gasteiger partial charge in [-0.25, -0.2) is 13.4 Å². The van der Waals surface area contributed by atoms with Crippen LogP contribution in [0.3, 0.4) is 0 Å². The Labute approximate surface area is 127 Å². The molecule has 2 aromatic rings. The molecule has 0 unspecified atom stereocenters. The fourth-order valence-electron chi connectivity index (χ4n) is 1.69.